The first-order chi connectivity index (χ1) is 12.8. The molecule has 0 bridgehead atoms. The van der Waals surface area contributed by atoms with Gasteiger partial charge in [-0.1, -0.05) is 83.4 Å². The number of carbonyl (C=O) groups excluding carboxylic acids is 1. The zero-order valence-corrected chi connectivity index (χ0v) is 15.2. The SMILES string of the molecule is O=[C]=[Mn].[c-]1cc(-c2cccc3ccccc23)cc2c1Cc1ccccc1-2. The van der Waals surface area contributed by atoms with E-state index in [2.05, 4.69) is 101 Å². The fraction of sp³-hybridized carbons (Fsp3) is 0.0417. The van der Waals surface area contributed by atoms with Crippen molar-refractivity contribution in [1.29, 1.82) is 0 Å². The van der Waals surface area contributed by atoms with E-state index in [0.717, 1.165) is 6.42 Å². The largest absolute Gasteiger partial charge is 0.179 e. The van der Waals surface area contributed by atoms with E-state index >= 15 is 0 Å². The zero-order chi connectivity index (χ0) is 17.9. The summed E-state index contributed by atoms with van der Waals surface area (Å²) in [5, 5.41) is 2.58. The van der Waals surface area contributed by atoms with Crippen LogP contribution in [0.4, 0.5) is 0 Å². The van der Waals surface area contributed by atoms with Crippen molar-refractivity contribution in [3.63, 3.8) is 0 Å². The van der Waals surface area contributed by atoms with Gasteiger partial charge in [0.05, 0.1) is 0 Å². The fourth-order valence-corrected chi connectivity index (χ4v) is 3.67. The van der Waals surface area contributed by atoms with Crippen LogP contribution >= 0.6 is 0 Å². The third kappa shape index (κ3) is 2.96. The maximum Gasteiger partial charge on any atom is -0.0188 e. The van der Waals surface area contributed by atoms with Crippen LogP contribution in [0, 0.1) is 6.07 Å². The number of fused-ring (bicyclic) bond motifs is 4. The average Bonchev–Trinajstić information content (AvgIpc) is 3.06. The molecule has 0 amide bonds. The van der Waals surface area contributed by atoms with Gasteiger partial charge in [-0.3, -0.25) is 0 Å². The molecular weight excluding hydrogens is 359 g/mol. The van der Waals surface area contributed by atoms with Crippen LogP contribution in [0.3, 0.4) is 0 Å². The summed E-state index contributed by atoms with van der Waals surface area (Å²) in [5.41, 5.74) is 7.96. The van der Waals surface area contributed by atoms with Crippen LogP contribution in [0.5, 0.6) is 0 Å². The maximum atomic E-state index is 8.60. The van der Waals surface area contributed by atoms with Crippen LogP contribution in [0.1, 0.15) is 11.1 Å². The molecule has 0 unspecified atom stereocenters. The molecule has 0 saturated heterocycles. The summed E-state index contributed by atoms with van der Waals surface area (Å²) in [6.45, 7) is 0. The van der Waals surface area contributed by atoms with Gasteiger partial charge in [0, 0.05) is 0 Å². The molecule has 125 valence electrons. The standard InChI is InChI=1S/C23H15.CO.Mn/c1-3-9-20-16(6-1)8-5-11-21(20)19-13-12-18-14-17-7-2-4-10-22(17)23(18)15-19;1-2;/h1-11,13,15H,14H2;;/q-1;;. The smallest absolute Gasteiger partial charge is 0.0188 e. The Morgan fingerprint density at radius 1 is 0.846 bits per heavy atom. The second kappa shape index (κ2) is 7.23. The van der Waals surface area contributed by atoms with E-state index in [1.807, 2.05) is 0 Å². The van der Waals surface area contributed by atoms with Gasteiger partial charge in [-0.25, -0.2) is 0 Å². The number of benzene rings is 4. The molecule has 0 saturated carbocycles. The molecule has 0 heterocycles. The van der Waals surface area contributed by atoms with Crippen LogP contribution in [0.15, 0.2) is 78.9 Å². The van der Waals surface area contributed by atoms with E-state index in [4.69, 9.17) is 4.79 Å². The molecule has 0 fully saturated rings. The Kier molecular flexibility index (Phi) is 4.65. The molecule has 1 aliphatic rings. The van der Waals surface area contributed by atoms with Crippen molar-refractivity contribution >= 4 is 15.6 Å². The van der Waals surface area contributed by atoms with Crippen molar-refractivity contribution in [2.75, 3.05) is 0 Å². The number of hydrogen-bond donors (Lipinski definition) is 0. The van der Waals surface area contributed by atoms with Crippen LogP contribution in [0.25, 0.3) is 33.0 Å². The summed E-state index contributed by atoms with van der Waals surface area (Å²) >= 11 is 2.34. The molecule has 1 aliphatic carbocycles. The predicted molar refractivity (Wildman–Crippen MR) is 102 cm³/mol. The van der Waals surface area contributed by atoms with Crippen molar-refractivity contribution in [1.82, 2.24) is 0 Å². The Bertz CT molecular complexity index is 1130. The van der Waals surface area contributed by atoms with E-state index in [0.29, 0.717) is 0 Å². The topological polar surface area (TPSA) is 17.1 Å². The minimum atomic E-state index is 1.00. The number of hydrogen-bond acceptors (Lipinski definition) is 1. The Labute approximate surface area is 160 Å². The molecule has 4 aromatic carbocycles. The van der Waals surface area contributed by atoms with Gasteiger partial charge in [0.2, 0.25) is 0 Å². The van der Waals surface area contributed by atoms with E-state index in [9.17, 15) is 0 Å². The summed E-state index contributed by atoms with van der Waals surface area (Å²) in [6, 6.07) is 31.8. The molecule has 2 heteroatoms. The van der Waals surface area contributed by atoms with Crippen molar-refractivity contribution < 1.29 is 20.4 Å². The minimum absolute atomic E-state index is 1.00. The zero-order valence-electron chi connectivity index (χ0n) is 14.0. The van der Waals surface area contributed by atoms with Gasteiger partial charge >= 0.3 is 25.2 Å². The minimum Gasteiger partial charge on any atom is -0.179 e. The quantitative estimate of drug-likeness (QED) is 0.281. The Balaban J connectivity index is 0.000000527. The van der Waals surface area contributed by atoms with E-state index in [1.54, 1.807) is 0 Å². The first-order valence-corrected chi connectivity index (χ1v) is 8.99. The summed E-state index contributed by atoms with van der Waals surface area (Å²) in [6.07, 6.45) is 1.00. The molecule has 0 radical (unpaired) electrons. The Morgan fingerprint density at radius 2 is 1.54 bits per heavy atom. The van der Waals surface area contributed by atoms with Gasteiger partial charge in [0.1, 0.15) is 0 Å². The maximum absolute atomic E-state index is 8.60. The van der Waals surface area contributed by atoms with Crippen LogP contribution < -0.4 is 0 Å². The first-order valence-electron chi connectivity index (χ1n) is 8.40. The summed E-state index contributed by atoms with van der Waals surface area (Å²) in [4.78, 5) is 9.91. The van der Waals surface area contributed by atoms with Crippen molar-refractivity contribution in [2.45, 2.75) is 6.42 Å². The predicted octanol–water partition coefficient (Wildman–Crippen LogP) is 5.48. The Morgan fingerprint density at radius 3 is 2.42 bits per heavy atom. The second-order valence-corrected chi connectivity index (χ2v) is 6.46. The normalized spacial score (nSPS) is 11.1. The van der Waals surface area contributed by atoms with E-state index in [-0.39, 0.29) is 0 Å². The fourth-order valence-electron chi connectivity index (χ4n) is 3.67. The monoisotopic (exact) mass is 374 g/mol. The van der Waals surface area contributed by atoms with Crippen molar-refractivity contribution in [2.24, 2.45) is 0 Å². The molecule has 1 nitrogen and oxygen atoms in total. The third-order valence-corrected chi connectivity index (χ3v) is 4.80. The van der Waals surface area contributed by atoms with Crippen molar-refractivity contribution in [3.8, 4) is 22.3 Å². The number of rotatable bonds is 1. The molecule has 26 heavy (non-hydrogen) atoms. The second-order valence-electron chi connectivity index (χ2n) is 6.22. The van der Waals surface area contributed by atoms with Gasteiger partial charge in [-0.15, -0.1) is 11.1 Å². The summed E-state index contributed by atoms with van der Waals surface area (Å²) in [7, 11) is 0. The molecule has 0 aliphatic heterocycles. The molecule has 0 aromatic heterocycles. The molecular formula is C24H15MnO-. The third-order valence-electron chi connectivity index (χ3n) is 4.80. The molecule has 0 N–H and O–H groups in total. The van der Waals surface area contributed by atoms with Crippen molar-refractivity contribution in [3.05, 3.63) is 96.1 Å². The van der Waals surface area contributed by atoms with Crippen LogP contribution in [-0.2, 0) is 26.8 Å². The van der Waals surface area contributed by atoms with Gasteiger partial charge < -0.3 is 0 Å². The molecule has 0 spiro atoms. The van der Waals surface area contributed by atoms with Gasteiger partial charge in [-0.05, 0) is 17.2 Å². The molecule has 4 aromatic rings. The Hall–Kier alpha value is -2.76. The van der Waals surface area contributed by atoms with Crippen LogP contribution in [0.2, 0.25) is 0 Å². The van der Waals surface area contributed by atoms with E-state index in [1.165, 1.54) is 48.9 Å². The summed E-state index contributed by atoms with van der Waals surface area (Å²) in [5.74, 6) is 0. The first kappa shape index (κ1) is 16.7. The van der Waals surface area contributed by atoms with Crippen LogP contribution in [-0.4, -0.2) is 4.79 Å². The van der Waals surface area contributed by atoms with E-state index < -0.39 is 0 Å². The molecule has 5 rings (SSSR count). The van der Waals surface area contributed by atoms with Gasteiger partial charge in [-0.2, -0.15) is 23.8 Å². The van der Waals surface area contributed by atoms with Gasteiger partial charge in [0.25, 0.3) is 0 Å². The van der Waals surface area contributed by atoms with Gasteiger partial charge in [0.15, 0.2) is 0 Å². The average molecular weight is 374 g/mol. The molecule has 0 atom stereocenters. The summed E-state index contributed by atoms with van der Waals surface area (Å²) < 4.78 is 0.